The Labute approximate surface area is 227 Å². The van der Waals surface area contributed by atoms with E-state index in [0.29, 0.717) is 42.6 Å². The van der Waals surface area contributed by atoms with Crippen LogP contribution in [0.5, 0.6) is 0 Å². The first kappa shape index (κ1) is 26.0. The van der Waals surface area contributed by atoms with Gasteiger partial charge in [-0.05, 0) is 42.0 Å². The SMILES string of the molecule is C=COCc1ccc(C(=O)C=C)c2sc(C(=O)Nc3ccc4c(C(=O)N5CC(F)C5)cccc4n3)c(C=C)c12. The summed E-state index contributed by atoms with van der Waals surface area (Å²) in [5, 5.41) is 4.13. The molecule has 2 amide bonds. The maximum absolute atomic E-state index is 13.5. The number of ketones is 1. The zero-order chi connectivity index (χ0) is 27.7. The van der Waals surface area contributed by atoms with Gasteiger partial charge in [0.25, 0.3) is 11.8 Å². The summed E-state index contributed by atoms with van der Waals surface area (Å²) < 4.78 is 19.3. The van der Waals surface area contributed by atoms with Crippen LogP contribution in [0, 0.1) is 0 Å². The highest BCUT2D eigenvalue weighted by Crippen LogP contribution is 2.38. The molecule has 5 rings (SSSR count). The third-order valence-corrected chi connectivity index (χ3v) is 7.75. The fraction of sp³-hybridized carbons (Fsp3) is 0.133. The van der Waals surface area contributed by atoms with Crippen LogP contribution in [0.25, 0.3) is 27.1 Å². The molecule has 0 saturated carbocycles. The smallest absolute Gasteiger partial charge is 0.267 e. The van der Waals surface area contributed by atoms with Crippen molar-refractivity contribution in [1.29, 1.82) is 0 Å². The van der Waals surface area contributed by atoms with Crippen LogP contribution < -0.4 is 5.32 Å². The molecule has 0 atom stereocenters. The van der Waals surface area contributed by atoms with Crippen LogP contribution in [0.2, 0.25) is 0 Å². The van der Waals surface area contributed by atoms with E-state index >= 15 is 0 Å². The van der Waals surface area contributed by atoms with Gasteiger partial charge in [-0.3, -0.25) is 14.4 Å². The lowest BCUT2D eigenvalue weighted by Crippen LogP contribution is -2.51. The fourth-order valence-corrected chi connectivity index (χ4v) is 5.84. The molecule has 2 aromatic heterocycles. The number of nitrogens with one attached hydrogen (secondary N) is 1. The molecule has 0 bridgehead atoms. The minimum atomic E-state index is -0.991. The zero-order valence-electron chi connectivity index (χ0n) is 20.9. The maximum atomic E-state index is 13.5. The molecule has 3 heterocycles. The first-order chi connectivity index (χ1) is 18.9. The minimum absolute atomic E-state index is 0.0825. The number of nitrogens with zero attached hydrogens (tertiary/aromatic N) is 2. The van der Waals surface area contributed by atoms with E-state index in [-0.39, 0.29) is 37.2 Å². The third-order valence-electron chi connectivity index (χ3n) is 6.51. The van der Waals surface area contributed by atoms with Gasteiger partial charge in [0.1, 0.15) is 23.5 Å². The number of amides is 2. The number of likely N-dealkylation sites (tertiary alicyclic amines) is 1. The van der Waals surface area contributed by atoms with Crippen LogP contribution in [-0.2, 0) is 11.3 Å². The minimum Gasteiger partial charge on any atom is -0.497 e. The molecular formula is C30H24FN3O4S. The molecule has 4 aromatic rings. The topological polar surface area (TPSA) is 88.6 Å². The number of allylic oxidation sites excluding steroid dienone is 1. The van der Waals surface area contributed by atoms with Crippen molar-refractivity contribution < 1.29 is 23.5 Å². The van der Waals surface area contributed by atoms with Gasteiger partial charge in [0.05, 0.1) is 24.9 Å². The summed E-state index contributed by atoms with van der Waals surface area (Å²) in [5.74, 6) is -0.654. The quantitative estimate of drug-likeness (QED) is 0.156. The van der Waals surface area contributed by atoms with Crippen LogP contribution in [0.4, 0.5) is 10.2 Å². The number of benzene rings is 2. The van der Waals surface area contributed by atoms with Crippen molar-refractivity contribution >= 4 is 61.8 Å². The molecule has 39 heavy (non-hydrogen) atoms. The largest absolute Gasteiger partial charge is 0.497 e. The summed E-state index contributed by atoms with van der Waals surface area (Å²) in [5.41, 5.74) is 2.72. The summed E-state index contributed by atoms with van der Waals surface area (Å²) in [7, 11) is 0. The first-order valence-corrected chi connectivity index (χ1v) is 12.9. The number of ether oxygens (including phenoxy) is 1. The number of thiophene rings is 1. The molecule has 1 aliphatic heterocycles. The summed E-state index contributed by atoms with van der Waals surface area (Å²) in [6.07, 6.45) is 3.15. The second kappa shape index (κ2) is 10.6. The molecule has 0 spiro atoms. The Hall–Kier alpha value is -4.63. The Morgan fingerprint density at radius 3 is 2.59 bits per heavy atom. The molecule has 0 unspecified atom stereocenters. The Balaban J connectivity index is 1.51. The standard InChI is InChI=1S/C30H24FN3O4S/c1-4-19-26-17(16-38-6-3)10-11-22(24(35)5-2)27(26)39-28(19)29(36)33-25-13-12-20-21(8-7-9-23(20)32-25)30(37)34-14-18(31)15-34/h4-13,18H,1-3,14-16H2,(H,32,33,36). The molecule has 1 fully saturated rings. The van der Waals surface area contributed by atoms with Gasteiger partial charge in [0, 0.05) is 32.2 Å². The highest BCUT2D eigenvalue weighted by atomic mass is 32.1. The number of carbonyl (C=O) groups is 3. The van der Waals surface area contributed by atoms with E-state index in [4.69, 9.17) is 4.74 Å². The van der Waals surface area contributed by atoms with Gasteiger partial charge in [0.15, 0.2) is 5.78 Å². The van der Waals surface area contributed by atoms with E-state index < -0.39 is 12.1 Å². The van der Waals surface area contributed by atoms with Gasteiger partial charge in [-0.2, -0.15) is 0 Å². The molecule has 2 aromatic carbocycles. The average Bonchev–Trinajstić information content (AvgIpc) is 3.33. The number of carbonyl (C=O) groups excluding carboxylic acids is 3. The van der Waals surface area contributed by atoms with E-state index in [1.807, 2.05) is 0 Å². The summed E-state index contributed by atoms with van der Waals surface area (Å²) in [4.78, 5) is 45.2. The van der Waals surface area contributed by atoms with Crippen LogP contribution >= 0.6 is 11.3 Å². The molecule has 1 saturated heterocycles. The van der Waals surface area contributed by atoms with Crippen LogP contribution in [0.1, 0.15) is 41.5 Å². The Morgan fingerprint density at radius 2 is 1.90 bits per heavy atom. The summed E-state index contributed by atoms with van der Waals surface area (Å²) in [6, 6.07) is 11.9. The van der Waals surface area contributed by atoms with Crippen LogP contribution in [0.15, 0.2) is 74.5 Å². The first-order valence-electron chi connectivity index (χ1n) is 12.1. The van der Waals surface area contributed by atoms with E-state index in [1.54, 1.807) is 48.5 Å². The Kier molecular flexibility index (Phi) is 7.08. The van der Waals surface area contributed by atoms with E-state index in [0.717, 1.165) is 5.56 Å². The second-order valence-corrected chi connectivity index (χ2v) is 9.92. The number of hydrogen-bond acceptors (Lipinski definition) is 6. The molecule has 1 aliphatic rings. The van der Waals surface area contributed by atoms with Gasteiger partial charge >= 0.3 is 0 Å². The van der Waals surface area contributed by atoms with E-state index in [9.17, 15) is 18.8 Å². The molecule has 9 heteroatoms. The van der Waals surface area contributed by atoms with Crippen molar-refractivity contribution in [2.24, 2.45) is 0 Å². The number of halogens is 1. The summed E-state index contributed by atoms with van der Waals surface area (Å²) in [6.45, 7) is 11.4. The van der Waals surface area contributed by atoms with E-state index in [1.165, 1.54) is 28.6 Å². The van der Waals surface area contributed by atoms with Gasteiger partial charge in [-0.15, -0.1) is 11.3 Å². The average molecular weight is 542 g/mol. The van der Waals surface area contributed by atoms with Crippen molar-refractivity contribution in [2.45, 2.75) is 12.8 Å². The lowest BCUT2D eigenvalue weighted by molar-refractivity contribution is 0.0402. The predicted molar refractivity (Wildman–Crippen MR) is 152 cm³/mol. The number of alkyl halides is 1. The lowest BCUT2D eigenvalue weighted by atomic mass is 10.00. The highest BCUT2D eigenvalue weighted by Gasteiger charge is 2.31. The maximum Gasteiger partial charge on any atom is 0.267 e. The van der Waals surface area contributed by atoms with Gasteiger partial charge < -0.3 is 15.0 Å². The van der Waals surface area contributed by atoms with Crippen LogP contribution in [0.3, 0.4) is 0 Å². The number of rotatable bonds is 9. The molecular weight excluding hydrogens is 517 g/mol. The summed E-state index contributed by atoms with van der Waals surface area (Å²) >= 11 is 1.17. The lowest BCUT2D eigenvalue weighted by Gasteiger charge is -2.34. The number of hydrogen-bond donors (Lipinski definition) is 1. The van der Waals surface area contributed by atoms with Gasteiger partial charge in [0.2, 0.25) is 0 Å². The monoisotopic (exact) mass is 541 g/mol. The number of fused-ring (bicyclic) bond motifs is 2. The highest BCUT2D eigenvalue weighted by molar-refractivity contribution is 7.21. The van der Waals surface area contributed by atoms with Crippen molar-refractivity contribution in [3.8, 4) is 0 Å². The van der Waals surface area contributed by atoms with Crippen LogP contribution in [-0.4, -0.2) is 46.7 Å². The second-order valence-electron chi connectivity index (χ2n) is 8.90. The fourth-order valence-electron chi connectivity index (χ4n) is 4.58. The molecule has 0 radical (unpaired) electrons. The van der Waals surface area contributed by atoms with Crippen molar-refractivity contribution in [1.82, 2.24) is 9.88 Å². The van der Waals surface area contributed by atoms with Crippen molar-refractivity contribution in [2.75, 3.05) is 18.4 Å². The number of pyridine rings is 1. The normalized spacial score (nSPS) is 13.1. The molecule has 0 aliphatic carbocycles. The molecule has 196 valence electrons. The van der Waals surface area contributed by atoms with Crippen molar-refractivity contribution in [3.63, 3.8) is 0 Å². The molecule has 7 nitrogen and oxygen atoms in total. The Morgan fingerprint density at radius 1 is 1.10 bits per heavy atom. The van der Waals surface area contributed by atoms with E-state index in [2.05, 4.69) is 30.0 Å². The Bertz CT molecular complexity index is 1690. The van der Waals surface area contributed by atoms with Gasteiger partial charge in [-0.1, -0.05) is 37.9 Å². The van der Waals surface area contributed by atoms with Crippen molar-refractivity contribution in [3.05, 3.63) is 102 Å². The third kappa shape index (κ3) is 4.72. The zero-order valence-corrected chi connectivity index (χ0v) is 21.7. The number of anilines is 1. The van der Waals surface area contributed by atoms with Gasteiger partial charge in [-0.25, -0.2) is 9.37 Å². The predicted octanol–water partition coefficient (Wildman–Crippen LogP) is 6.17. The molecule has 1 N–H and O–H groups in total. The number of aromatic nitrogens is 1.